The number of azide groups is 1. The van der Waals surface area contributed by atoms with E-state index < -0.39 is 24.4 Å². The summed E-state index contributed by atoms with van der Waals surface area (Å²) in [6.07, 6.45) is 3.27. The van der Waals surface area contributed by atoms with E-state index in [1.165, 1.54) is 6.92 Å². The topological polar surface area (TPSA) is 93.5 Å². The molecule has 0 aromatic heterocycles. The van der Waals surface area contributed by atoms with Crippen LogP contribution in [0.15, 0.2) is 17.3 Å². The van der Waals surface area contributed by atoms with Crippen LogP contribution in [0, 0.1) is 0 Å². The number of carbonyl (C=O) groups is 1. The van der Waals surface area contributed by atoms with E-state index in [0.717, 1.165) is 6.42 Å². The van der Waals surface area contributed by atoms with Gasteiger partial charge in [0.05, 0.1) is 6.04 Å². The lowest BCUT2D eigenvalue weighted by atomic mass is 10.1. The molecule has 18 heavy (non-hydrogen) atoms. The summed E-state index contributed by atoms with van der Waals surface area (Å²) in [5.41, 5.74) is 8.45. The average Bonchev–Trinajstić information content (AvgIpc) is 2.36. The Kier molecular flexibility index (Phi) is 6.21. The minimum Gasteiger partial charge on any atom is -0.463 e. The SMILES string of the molecule is CCCO[C@@H]1C=C[C@H](N=[N+]=[N-])[C@@H](COC(C)=O)O1. The van der Waals surface area contributed by atoms with Crippen LogP contribution in [-0.4, -0.2) is 37.6 Å². The molecule has 0 aromatic rings. The van der Waals surface area contributed by atoms with Crippen LogP contribution >= 0.6 is 0 Å². The Morgan fingerprint density at radius 2 is 2.33 bits per heavy atom. The van der Waals surface area contributed by atoms with Crippen molar-refractivity contribution in [2.45, 2.75) is 38.7 Å². The lowest BCUT2D eigenvalue weighted by Gasteiger charge is -2.29. The molecular formula is C11H17N3O4. The van der Waals surface area contributed by atoms with Crippen molar-refractivity contribution in [3.05, 3.63) is 22.6 Å². The second-order valence-corrected chi connectivity index (χ2v) is 3.80. The molecule has 1 aliphatic rings. The van der Waals surface area contributed by atoms with Gasteiger partial charge in [-0.2, -0.15) is 0 Å². The van der Waals surface area contributed by atoms with E-state index >= 15 is 0 Å². The van der Waals surface area contributed by atoms with Gasteiger partial charge in [-0.1, -0.05) is 18.1 Å². The molecule has 0 fully saturated rings. The molecule has 0 aromatic carbocycles. The molecule has 0 unspecified atom stereocenters. The normalized spacial score (nSPS) is 26.4. The first-order valence-corrected chi connectivity index (χ1v) is 5.80. The van der Waals surface area contributed by atoms with Crippen molar-refractivity contribution in [1.82, 2.24) is 0 Å². The minimum absolute atomic E-state index is 0.0370. The molecule has 0 spiro atoms. The summed E-state index contributed by atoms with van der Waals surface area (Å²) >= 11 is 0. The van der Waals surface area contributed by atoms with Gasteiger partial charge in [-0.05, 0) is 18.0 Å². The second kappa shape index (κ2) is 7.71. The van der Waals surface area contributed by atoms with Gasteiger partial charge in [0.25, 0.3) is 0 Å². The molecular weight excluding hydrogens is 238 g/mol. The number of hydrogen-bond acceptors (Lipinski definition) is 5. The first-order valence-electron chi connectivity index (χ1n) is 5.80. The molecule has 1 aliphatic heterocycles. The smallest absolute Gasteiger partial charge is 0.302 e. The Morgan fingerprint density at radius 1 is 1.56 bits per heavy atom. The molecule has 0 N–H and O–H groups in total. The van der Waals surface area contributed by atoms with Gasteiger partial charge < -0.3 is 14.2 Å². The number of carbonyl (C=O) groups excluding carboxylic acids is 1. The summed E-state index contributed by atoms with van der Waals surface area (Å²) in [4.78, 5) is 13.5. The quantitative estimate of drug-likeness (QED) is 0.238. The van der Waals surface area contributed by atoms with Gasteiger partial charge in [-0.15, -0.1) is 0 Å². The summed E-state index contributed by atoms with van der Waals surface area (Å²) in [7, 11) is 0. The standard InChI is InChI=1S/C11H17N3O4/c1-3-6-16-11-5-4-9(13-14-12)10(18-11)7-17-8(2)15/h4-5,9-11H,3,6-7H2,1-2H3/t9-,10+,11-/m0/s1. The van der Waals surface area contributed by atoms with Crippen molar-refractivity contribution in [2.24, 2.45) is 5.11 Å². The third-order valence-corrected chi connectivity index (χ3v) is 2.28. The molecule has 0 saturated carbocycles. The zero-order valence-corrected chi connectivity index (χ0v) is 10.5. The fourth-order valence-electron chi connectivity index (χ4n) is 1.47. The maximum Gasteiger partial charge on any atom is 0.302 e. The molecule has 7 nitrogen and oxygen atoms in total. The maximum atomic E-state index is 10.8. The molecule has 1 rings (SSSR count). The molecule has 1 heterocycles. The van der Waals surface area contributed by atoms with Crippen molar-refractivity contribution < 1.29 is 19.0 Å². The van der Waals surface area contributed by atoms with Crippen LogP contribution in [0.4, 0.5) is 0 Å². The van der Waals surface area contributed by atoms with Crippen molar-refractivity contribution in [1.29, 1.82) is 0 Å². The predicted molar refractivity (Wildman–Crippen MR) is 63.6 cm³/mol. The lowest BCUT2D eigenvalue weighted by Crippen LogP contribution is -2.39. The van der Waals surface area contributed by atoms with Gasteiger partial charge in [-0.25, -0.2) is 0 Å². The first-order chi connectivity index (χ1) is 8.67. The van der Waals surface area contributed by atoms with Crippen LogP contribution in [0.25, 0.3) is 10.4 Å². The Hall–Kier alpha value is -1.56. The summed E-state index contributed by atoms with van der Waals surface area (Å²) < 4.78 is 15.8. The summed E-state index contributed by atoms with van der Waals surface area (Å²) in [6.45, 7) is 3.91. The molecule has 0 amide bonds. The van der Waals surface area contributed by atoms with E-state index in [1.807, 2.05) is 6.92 Å². The third kappa shape index (κ3) is 4.75. The summed E-state index contributed by atoms with van der Waals surface area (Å²) in [6, 6.07) is -0.490. The number of esters is 1. The van der Waals surface area contributed by atoms with Crippen LogP contribution in [0.1, 0.15) is 20.3 Å². The van der Waals surface area contributed by atoms with Gasteiger partial charge >= 0.3 is 5.97 Å². The molecule has 0 radical (unpaired) electrons. The number of ether oxygens (including phenoxy) is 3. The van der Waals surface area contributed by atoms with Gasteiger partial charge in [-0.3, -0.25) is 4.79 Å². The van der Waals surface area contributed by atoms with Crippen molar-refractivity contribution in [3.63, 3.8) is 0 Å². The van der Waals surface area contributed by atoms with Crippen LogP contribution in [0.5, 0.6) is 0 Å². The second-order valence-electron chi connectivity index (χ2n) is 3.80. The Balaban J connectivity index is 2.60. The van der Waals surface area contributed by atoms with Crippen LogP contribution in [0.2, 0.25) is 0 Å². The fraction of sp³-hybridized carbons (Fsp3) is 0.727. The lowest BCUT2D eigenvalue weighted by molar-refractivity contribution is -0.172. The van der Waals surface area contributed by atoms with E-state index in [-0.39, 0.29) is 6.61 Å². The maximum absolute atomic E-state index is 10.8. The van der Waals surface area contributed by atoms with Gasteiger partial charge in [0.15, 0.2) is 6.29 Å². The Bertz CT molecular complexity index is 352. The van der Waals surface area contributed by atoms with Gasteiger partial charge in [0.2, 0.25) is 0 Å². The summed E-state index contributed by atoms with van der Waals surface area (Å²) in [5, 5.41) is 3.58. The number of hydrogen-bond donors (Lipinski definition) is 0. The molecule has 100 valence electrons. The molecule has 0 bridgehead atoms. The number of rotatable bonds is 6. The van der Waals surface area contributed by atoms with Crippen molar-refractivity contribution in [3.8, 4) is 0 Å². The van der Waals surface area contributed by atoms with Gasteiger partial charge in [0.1, 0.15) is 12.7 Å². The predicted octanol–water partition coefficient (Wildman–Crippen LogP) is 1.94. The fourth-order valence-corrected chi connectivity index (χ4v) is 1.47. The largest absolute Gasteiger partial charge is 0.463 e. The monoisotopic (exact) mass is 255 g/mol. The minimum atomic E-state index is -0.517. The van der Waals surface area contributed by atoms with Crippen molar-refractivity contribution in [2.75, 3.05) is 13.2 Å². The van der Waals surface area contributed by atoms with Gasteiger partial charge in [0, 0.05) is 18.4 Å². The van der Waals surface area contributed by atoms with Crippen molar-refractivity contribution >= 4 is 5.97 Å². The highest BCUT2D eigenvalue weighted by atomic mass is 16.7. The Labute approximate surface area is 105 Å². The van der Waals surface area contributed by atoms with Crippen LogP contribution < -0.4 is 0 Å². The van der Waals surface area contributed by atoms with Crippen LogP contribution in [0.3, 0.4) is 0 Å². The molecule has 7 heteroatoms. The first kappa shape index (κ1) is 14.5. The van der Waals surface area contributed by atoms with E-state index in [9.17, 15) is 4.79 Å². The summed E-state index contributed by atoms with van der Waals surface area (Å²) in [5.74, 6) is -0.404. The average molecular weight is 255 g/mol. The van der Waals surface area contributed by atoms with E-state index in [2.05, 4.69) is 10.0 Å². The van der Waals surface area contributed by atoms with E-state index in [4.69, 9.17) is 19.7 Å². The molecule has 3 atom stereocenters. The zero-order chi connectivity index (χ0) is 13.4. The van der Waals surface area contributed by atoms with Crippen LogP contribution in [-0.2, 0) is 19.0 Å². The highest BCUT2D eigenvalue weighted by Crippen LogP contribution is 2.17. The zero-order valence-electron chi connectivity index (χ0n) is 10.5. The Morgan fingerprint density at radius 3 is 2.94 bits per heavy atom. The van der Waals surface area contributed by atoms with E-state index in [1.54, 1.807) is 12.2 Å². The van der Waals surface area contributed by atoms with E-state index in [0.29, 0.717) is 6.61 Å². The number of nitrogens with zero attached hydrogens (tertiary/aromatic N) is 3. The molecule has 0 aliphatic carbocycles. The molecule has 0 saturated heterocycles. The highest BCUT2D eigenvalue weighted by Gasteiger charge is 2.27. The third-order valence-electron chi connectivity index (χ3n) is 2.28. The highest BCUT2D eigenvalue weighted by molar-refractivity contribution is 5.65.